The van der Waals surface area contributed by atoms with E-state index in [4.69, 9.17) is 5.73 Å². The van der Waals surface area contributed by atoms with Crippen LogP contribution in [-0.4, -0.2) is 28.4 Å². The first-order valence-electron chi connectivity index (χ1n) is 5.62. The highest BCUT2D eigenvalue weighted by Gasteiger charge is 2.25. The minimum atomic E-state index is -3.72. The molecular weight excluding hydrogens is 268 g/mol. The van der Waals surface area contributed by atoms with Crippen LogP contribution in [0.3, 0.4) is 0 Å². The van der Waals surface area contributed by atoms with Crippen LogP contribution < -0.4 is 10.5 Å². The highest BCUT2D eigenvalue weighted by Crippen LogP contribution is 2.22. The van der Waals surface area contributed by atoms with Gasteiger partial charge in [0.2, 0.25) is 0 Å². The number of aryl methyl sites for hydroxylation is 2. The number of hydrogen-bond acceptors (Lipinski definition) is 5. The molecule has 0 radical (unpaired) electrons. The van der Waals surface area contributed by atoms with Gasteiger partial charge in [0.1, 0.15) is 10.7 Å². The maximum atomic E-state index is 12.4. The Balaban J connectivity index is 2.44. The van der Waals surface area contributed by atoms with Crippen molar-refractivity contribution in [3.05, 3.63) is 23.1 Å². The summed E-state index contributed by atoms with van der Waals surface area (Å²) in [6.45, 7) is 3.54. The van der Waals surface area contributed by atoms with E-state index in [2.05, 4.69) is 20.0 Å². The van der Waals surface area contributed by atoms with Gasteiger partial charge in [-0.15, -0.1) is 0 Å². The van der Waals surface area contributed by atoms with E-state index < -0.39 is 10.0 Å². The summed E-state index contributed by atoms with van der Waals surface area (Å²) in [5, 5.41) is 10.4. The summed E-state index contributed by atoms with van der Waals surface area (Å²) >= 11 is 0. The number of aromatic amines is 1. The fourth-order valence-electron chi connectivity index (χ4n) is 1.88. The van der Waals surface area contributed by atoms with Crippen molar-refractivity contribution in [3.8, 4) is 0 Å². The van der Waals surface area contributed by atoms with E-state index in [0.717, 1.165) is 0 Å². The topological polar surface area (TPSA) is 119 Å². The van der Waals surface area contributed by atoms with Crippen molar-refractivity contribution in [3.63, 3.8) is 0 Å². The van der Waals surface area contributed by atoms with Crippen molar-refractivity contribution in [2.75, 3.05) is 4.72 Å². The molecule has 8 nitrogen and oxygen atoms in total. The summed E-state index contributed by atoms with van der Waals surface area (Å²) < 4.78 is 28.7. The van der Waals surface area contributed by atoms with E-state index in [0.29, 0.717) is 17.0 Å². The predicted molar refractivity (Wildman–Crippen MR) is 70.0 cm³/mol. The van der Waals surface area contributed by atoms with E-state index in [1.54, 1.807) is 20.9 Å². The van der Waals surface area contributed by atoms with Crippen molar-refractivity contribution in [1.82, 2.24) is 20.0 Å². The Hall–Kier alpha value is -1.87. The average Bonchev–Trinajstić information content (AvgIpc) is 2.84. The fourth-order valence-corrected chi connectivity index (χ4v) is 3.38. The lowest BCUT2D eigenvalue weighted by Crippen LogP contribution is -2.16. The van der Waals surface area contributed by atoms with Crippen LogP contribution in [-0.2, 0) is 23.6 Å². The van der Waals surface area contributed by atoms with E-state index in [1.807, 2.05) is 0 Å². The van der Waals surface area contributed by atoms with Crippen LogP contribution in [0.1, 0.15) is 17.0 Å². The second kappa shape index (κ2) is 4.67. The molecule has 0 aromatic carbocycles. The van der Waals surface area contributed by atoms with Gasteiger partial charge in [-0.1, -0.05) is 0 Å². The van der Waals surface area contributed by atoms with Crippen LogP contribution in [0, 0.1) is 13.8 Å². The Morgan fingerprint density at radius 3 is 2.68 bits per heavy atom. The lowest BCUT2D eigenvalue weighted by atomic mass is 10.3. The van der Waals surface area contributed by atoms with Crippen molar-refractivity contribution in [2.45, 2.75) is 25.3 Å². The van der Waals surface area contributed by atoms with E-state index in [9.17, 15) is 8.42 Å². The Labute approximate surface area is 111 Å². The molecule has 0 aliphatic rings. The SMILES string of the molecule is Cc1nn(C)c(C)c1S(=O)(=O)Nc1[nH]ncc1CN. The maximum absolute atomic E-state index is 12.4. The first kappa shape index (κ1) is 13.6. The zero-order valence-electron chi connectivity index (χ0n) is 10.9. The van der Waals surface area contributed by atoms with Gasteiger partial charge in [0.25, 0.3) is 10.0 Å². The number of anilines is 1. The molecule has 2 rings (SSSR count). The molecule has 0 spiro atoms. The number of rotatable bonds is 4. The first-order valence-corrected chi connectivity index (χ1v) is 7.10. The van der Waals surface area contributed by atoms with Crippen LogP contribution in [0.25, 0.3) is 0 Å². The van der Waals surface area contributed by atoms with Gasteiger partial charge in [0, 0.05) is 19.2 Å². The smallest absolute Gasteiger partial charge is 0.266 e. The van der Waals surface area contributed by atoms with Crippen LogP contribution in [0.15, 0.2) is 11.1 Å². The Morgan fingerprint density at radius 2 is 2.16 bits per heavy atom. The molecule has 19 heavy (non-hydrogen) atoms. The van der Waals surface area contributed by atoms with Gasteiger partial charge in [-0.05, 0) is 13.8 Å². The molecule has 0 saturated carbocycles. The summed E-state index contributed by atoms with van der Waals surface area (Å²) in [4.78, 5) is 0.174. The molecule has 0 aliphatic heterocycles. The van der Waals surface area contributed by atoms with Gasteiger partial charge in [-0.25, -0.2) is 8.42 Å². The third kappa shape index (κ3) is 2.34. The Bertz CT molecular complexity index is 700. The molecule has 0 fully saturated rings. The molecule has 0 amide bonds. The molecule has 2 aromatic rings. The maximum Gasteiger partial charge on any atom is 0.266 e. The van der Waals surface area contributed by atoms with Crippen molar-refractivity contribution < 1.29 is 8.42 Å². The molecule has 4 N–H and O–H groups in total. The van der Waals surface area contributed by atoms with Gasteiger partial charge in [0.15, 0.2) is 0 Å². The predicted octanol–water partition coefficient (Wildman–Crippen LogP) is 0.0195. The molecule has 2 aromatic heterocycles. The molecule has 2 heterocycles. The molecule has 0 saturated heterocycles. The van der Waals surface area contributed by atoms with Crippen LogP contribution in [0.2, 0.25) is 0 Å². The first-order chi connectivity index (χ1) is 8.86. The molecule has 104 valence electrons. The quantitative estimate of drug-likeness (QED) is 0.731. The molecular formula is C10H16N6O2S. The van der Waals surface area contributed by atoms with E-state index >= 15 is 0 Å². The summed E-state index contributed by atoms with van der Waals surface area (Å²) in [7, 11) is -2.02. The lowest BCUT2D eigenvalue weighted by Gasteiger charge is -2.07. The third-order valence-corrected chi connectivity index (χ3v) is 4.49. The highest BCUT2D eigenvalue weighted by molar-refractivity contribution is 7.92. The van der Waals surface area contributed by atoms with E-state index in [1.165, 1.54) is 10.9 Å². The lowest BCUT2D eigenvalue weighted by molar-refractivity contribution is 0.599. The summed E-state index contributed by atoms with van der Waals surface area (Å²) in [5.41, 5.74) is 7.12. The van der Waals surface area contributed by atoms with Gasteiger partial charge in [0.05, 0.1) is 17.6 Å². The Kier molecular flexibility index (Phi) is 3.33. The van der Waals surface area contributed by atoms with Crippen molar-refractivity contribution in [2.24, 2.45) is 12.8 Å². The zero-order chi connectivity index (χ0) is 14.2. The van der Waals surface area contributed by atoms with Crippen LogP contribution in [0.4, 0.5) is 5.82 Å². The highest BCUT2D eigenvalue weighted by atomic mass is 32.2. The normalized spacial score (nSPS) is 11.8. The molecule has 0 unspecified atom stereocenters. The van der Waals surface area contributed by atoms with Gasteiger partial charge >= 0.3 is 0 Å². The van der Waals surface area contributed by atoms with E-state index in [-0.39, 0.29) is 17.3 Å². The number of nitrogens with two attached hydrogens (primary N) is 1. The molecule has 0 bridgehead atoms. The number of nitrogens with one attached hydrogen (secondary N) is 2. The van der Waals surface area contributed by atoms with Crippen LogP contribution in [0.5, 0.6) is 0 Å². The standard InChI is InChI=1S/C10H16N6O2S/c1-6-9(7(2)16(3)14-6)19(17,18)15-10-8(4-11)5-12-13-10/h5H,4,11H2,1-3H3,(H2,12,13,15). The van der Waals surface area contributed by atoms with Gasteiger partial charge < -0.3 is 5.73 Å². The monoisotopic (exact) mass is 284 g/mol. The van der Waals surface area contributed by atoms with Crippen molar-refractivity contribution >= 4 is 15.8 Å². The van der Waals surface area contributed by atoms with Crippen LogP contribution >= 0.6 is 0 Å². The van der Waals surface area contributed by atoms with Gasteiger partial charge in [-0.3, -0.25) is 14.5 Å². The molecule has 0 aliphatic carbocycles. The average molecular weight is 284 g/mol. The molecule has 0 atom stereocenters. The minimum Gasteiger partial charge on any atom is -0.326 e. The number of H-pyrrole nitrogens is 1. The number of hydrogen-bond donors (Lipinski definition) is 3. The minimum absolute atomic E-state index is 0.174. The van der Waals surface area contributed by atoms with Crippen molar-refractivity contribution in [1.29, 1.82) is 0 Å². The fraction of sp³-hybridized carbons (Fsp3) is 0.400. The Morgan fingerprint density at radius 1 is 1.47 bits per heavy atom. The second-order valence-electron chi connectivity index (χ2n) is 4.20. The summed E-state index contributed by atoms with van der Waals surface area (Å²) in [6.07, 6.45) is 1.49. The molecule has 9 heteroatoms. The zero-order valence-corrected chi connectivity index (χ0v) is 11.7. The largest absolute Gasteiger partial charge is 0.326 e. The summed E-state index contributed by atoms with van der Waals surface area (Å²) in [6, 6.07) is 0. The van der Waals surface area contributed by atoms with Gasteiger partial charge in [-0.2, -0.15) is 10.2 Å². The number of aromatic nitrogens is 4. The second-order valence-corrected chi connectivity index (χ2v) is 5.82. The number of sulfonamides is 1. The number of nitrogens with zero attached hydrogens (tertiary/aromatic N) is 3. The summed E-state index contributed by atoms with van der Waals surface area (Å²) in [5.74, 6) is 0.283. The third-order valence-electron chi connectivity index (χ3n) is 2.89.